The van der Waals surface area contributed by atoms with E-state index in [2.05, 4.69) is 26.5 Å². The van der Waals surface area contributed by atoms with E-state index in [1.165, 1.54) is 24.0 Å². The molecule has 0 aliphatic carbocycles. The zero-order valence-electron chi connectivity index (χ0n) is 14.9. The Hall–Kier alpha value is -2.61. The molecule has 138 valence electrons. The quantitative estimate of drug-likeness (QED) is 0.573. The van der Waals surface area contributed by atoms with Gasteiger partial charge in [-0.3, -0.25) is 9.59 Å². The predicted octanol–water partition coefficient (Wildman–Crippen LogP) is 2.97. The molecule has 0 saturated heterocycles. The highest BCUT2D eigenvalue weighted by Gasteiger charge is 2.14. The summed E-state index contributed by atoms with van der Waals surface area (Å²) in [7, 11) is 3.07. The van der Waals surface area contributed by atoms with Gasteiger partial charge in [-0.2, -0.15) is 5.10 Å². The summed E-state index contributed by atoms with van der Waals surface area (Å²) in [5.41, 5.74) is 2.72. The summed E-state index contributed by atoms with van der Waals surface area (Å²) < 4.78 is 12.6. The number of carbonyl (C=O) groups is 1. The van der Waals surface area contributed by atoms with Gasteiger partial charge in [0.05, 0.1) is 24.9 Å². The van der Waals surface area contributed by atoms with Crippen LogP contribution in [0.25, 0.3) is 0 Å². The van der Waals surface area contributed by atoms with Gasteiger partial charge in [-0.05, 0) is 54.0 Å². The van der Waals surface area contributed by atoms with Crippen molar-refractivity contribution in [2.24, 2.45) is 5.10 Å². The molecule has 0 radical (unpaired) electrons. The van der Waals surface area contributed by atoms with Crippen molar-refractivity contribution in [2.75, 3.05) is 14.2 Å². The topological polar surface area (TPSA) is 81.9 Å². The number of pyridine rings is 1. The Balaban J connectivity index is 2.21. The Bertz CT molecular complexity index is 890. The third kappa shape index (κ3) is 4.13. The zero-order chi connectivity index (χ0) is 19.3. The van der Waals surface area contributed by atoms with Crippen molar-refractivity contribution in [1.82, 2.24) is 9.99 Å². The molecule has 2 aromatic rings. The molecule has 0 aliphatic heterocycles. The first-order valence-corrected chi connectivity index (χ1v) is 8.65. The average Bonchev–Trinajstić information content (AvgIpc) is 2.62. The molecule has 0 bridgehead atoms. The van der Waals surface area contributed by atoms with E-state index in [1.807, 2.05) is 13.8 Å². The van der Waals surface area contributed by atoms with Gasteiger partial charge in [-0.25, -0.2) is 5.43 Å². The van der Waals surface area contributed by atoms with Crippen molar-refractivity contribution in [2.45, 2.75) is 19.9 Å². The fourth-order valence-corrected chi connectivity index (χ4v) is 2.91. The van der Waals surface area contributed by atoms with Crippen LogP contribution in [0.5, 0.6) is 11.5 Å². The third-order valence-electron chi connectivity index (χ3n) is 3.66. The van der Waals surface area contributed by atoms with Gasteiger partial charge < -0.3 is 14.0 Å². The summed E-state index contributed by atoms with van der Waals surface area (Å²) in [6, 6.07) is 6.57. The molecular weight excluding hydrogens is 402 g/mol. The minimum absolute atomic E-state index is 0.0322. The summed E-state index contributed by atoms with van der Waals surface area (Å²) in [5, 5.41) is 3.93. The van der Waals surface area contributed by atoms with Crippen LogP contribution < -0.4 is 20.5 Å². The van der Waals surface area contributed by atoms with Crippen molar-refractivity contribution in [3.05, 3.63) is 56.4 Å². The summed E-state index contributed by atoms with van der Waals surface area (Å²) >= 11 is 3.42. The molecule has 1 heterocycles. The molecule has 8 heteroatoms. The molecular formula is C18H20BrN3O4. The van der Waals surface area contributed by atoms with Gasteiger partial charge in [0.25, 0.3) is 11.5 Å². The minimum atomic E-state index is -0.571. The molecule has 1 N–H and O–H groups in total. The number of hydrogen-bond donors (Lipinski definition) is 1. The van der Waals surface area contributed by atoms with E-state index in [0.717, 1.165) is 0 Å². The number of benzene rings is 1. The van der Waals surface area contributed by atoms with Gasteiger partial charge in [-0.15, -0.1) is 0 Å². The van der Waals surface area contributed by atoms with Crippen molar-refractivity contribution in [1.29, 1.82) is 0 Å². The summed E-state index contributed by atoms with van der Waals surface area (Å²) in [4.78, 5) is 24.5. The molecule has 26 heavy (non-hydrogen) atoms. The second-order valence-corrected chi connectivity index (χ2v) is 6.42. The number of amides is 1. The first-order chi connectivity index (χ1) is 12.4. The summed E-state index contributed by atoms with van der Waals surface area (Å²) in [5.74, 6) is 0.516. The van der Waals surface area contributed by atoms with E-state index in [0.29, 0.717) is 21.5 Å². The molecule has 1 aromatic heterocycles. The van der Waals surface area contributed by atoms with Crippen LogP contribution in [-0.2, 0) is 0 Å². The first-order valence-electron chi connectivity index (χ1n) is 7.85. The second-order valence-electron chi connectivity index (χ2n) is 5.63. The van der Waals surface area contributed by atoms with Crippen molar-refractivity contribution >= 4 is 28.1 Å². The highest BCUT2D eigenvalue weighted by Crippen LogP contribution is 2.36. The average molecular weight is 422 g/mol. The van der Waals surface area contributed by atoms with Gasteiger partial charge in [0, 0.05) is 17.8 Å². The number of aromatic nitrogens is 1. The lowest BCUT2D eigenvalue weighted by Crippen LogP contribution is -2.31. The standard InChI is InChI=1S/C18H20BrN3O4/c1-11(2)22-9-5-6-13(18(22)24)17(23)21-20-10-12-7-8-14(25-3)16(26-4)15(12)19/h5-11H,1-4H3,(H,21,23)/b20-10-. The molecule has 1 amide bonds. The Morgan fingerprint density at radius 1 is 1.27 bits per heavy atom. The lowest BCUT2D eigenvalue weighted by molar-refractivity contribution is 0.0953. The van der Waals surface area contributed by atoms with Crippen LogP contribution in [0, 0.1) is 0 Å². The SMILES string of the molecule is COc1ccc(/C=N\NC(=O)c2cccn(C(C)C)c2=O)c(Br)c1OC. The van der Waals surface area contributed by atoms with E-state index in [-0.39, 0.29) is 17.2 Å². The Morgan fingerprint density at radius 3 is 2.62 bits per heavy atom. The lowest BCUT2D eigenvalue weighted by Gasteiger charge is -2.11. The Morgan fingerprint density at radius 2 is 2.00 bits per heavy atom. The number of halogens is 1. The number of nitrogens with zero attached hydrogens (tertiary/aromatic N) is 2. The molecule has 2 rings (SSSR count). The Labute approximate surface area is 159 Å². The number of hydrazone groups is 1. The van der Waals surface area contributed by atoms with Crippen LogP contribution in [0.15, 0.2) is 44.8 Å². The van der Waals surface area contributed by atoms with Crippen LogP contribution in [0.4, 0.5) is 0 Å². The van der Waals surface area contributed by atoms with Crippen LogP contribution in [-0.4, -0.2) is 30.9 Å². The lowest BCUT2D eigenvalue weighted by atomic mass is 10.2. The number of rotatable bonds is 6. The van der Waals surface area contributed by atoms with Gasteiger partial charge in [0.15, 0.2) is 11.5 Å². The van der Waals surface area contributed by atoms with Gasteiger partial charge >= 0.3 is 0 Å². The molecule has 0 spiro atoms. The maximum Gasteiger partial charge on any atom is 0.276 e. The Kier molecular flexibility index (Phi) is 6.57. The molecule has 0 saturated carbocycles. The highest BCUT2D eigenvalue weighted by molar-refractivity contribution is 9.10. The maximum absolute atomic E-state index is 12.3. The number of nitrogens with one attached hydrogen (secondary N) is 1. The zero-order valence-corrected chi connectivity index (χ0v) is 16.5. The number of ether oxygens (including phenoxy) is 2. The highest BCUT2D eigenvalue weighted by atomic mass is 79.9. The fourth-order valence-electron chi connectivity index (χ4n) is 2.31. The van der Waals surface area contributed by atoms with Crippen LogP contribution >= 0.6 is 15.9 Å². The van der Waals surface area contributed by atoms with E-state index in [9.17, 15) is 9.59 Å². The smallest absolute Gasteiger partial charge is 0.276 e. The summed E-state index contributed by atoms with van der Waals surface area (Å²) in [6.07, 6.45) is 3.10. The van der Waals surface area contributed by atoms with Crippen molar-refractivity contribution < 1.29 is 14.3 Å². The van der Waals surface area contributed by atoms with Crippen LogP contribution in [0.3, 0.4) is 0 Å². The first kappa shape index (κ1) is 19.7. The van der Waals surface area contributed by atoms with Crippen LogP contribution in [0.2, 0.25) is 0 Å². The normalized spacial score (nSPS) is 11.0. The predicted molar refractivity (Wildman–Crippen MR) is 103 cm³/mol. The number of methoxy groups -OCH3 is 2. The molecule has 0 unspecified atom stereocenters. The van der Waals surface area contributed by atoms with E-state index < -0.39 is 5.91 Å². The largest absolute Gasteiger partial charge is 0.493 e. The van der Waals surface area contributed by atoms with Gasteiger partial charge in [0.1, 0.15) is 5.56 Å². The molecule has 0 fully saturated rings. The molecule has 0 aliphatic rings. The second kappa shape index (κ2) is 8.66. The maximum atomic E-state index is 12.3. The monoisotopic (exact) mass is 421 g/mol. The third-order valence-corrected chi connectivity index (χ3v) is 4.48. The molecule has 0 atom stereocenters. The fraction of sp³-hybridized carbons (Fsp3) is 0.278. The van der Waals surface area contributed by atoms with E-state index in [1.54, 1.807) is 31.5 Å². The molecule has 7 nitrogen and oxygen atoms in total. The van der Waals surface area contributed by atoms with Gasteiger partial charge in [-0.1, -0.05) is 0 Å². The van der Waals surface area contributed by atoms with Crippen molar-refractivity contribution in [3.8, 4) is 11.5 Å². The van der Waals surface area contributed by atoms with Crippen LogP contribution in [0.1, 0.15) is 35.8 Å². The number of carbonyl (C=O) groups excluding carboxylic acids is 1. The number of hydrogen-bond acceptors (Lipinski definition) is 5. The van der Waals surface area contributed by atoms with E-state index >= 15 is 0 Å². The summed E-state index contributed by atoms with van der Waals surface area (Å²) in [6.45, 7) is 3.74. The van der Waals surface area contributed by atoms with Crippen molar-refractivity contribution in [3.63, 3.8) is 0 Å². The van der Waals surface area contributed by atoms with Gasteiger partial charge in [0.2, 0.25) is 0 Å². The molecule has 1 aromatic carbocycles. The minimum Gasteiger partial charge on any atom is -0.493 e. The van der Waals surface area contributed by atoms with E-state index in [4.69, 9.17) is 9.47 Å².